The molecule has 2 amide bonds. The molecule has 2 aromatic carbocycles. The summed E-state index contributed by atoms with van der Waals surface area (Å²) in [5.41, 5.74) is -2.02. The number of rotatable bonds is 9. The third-order valence-corrected chi connectivity index (χ3v) is 4.20. The number of nitrogens with zero attached hydrogens (tertiary/aromatic N) is 1. The molecule has 2 unspecified atom stereocenters. The standard InChI is InChI=1S/C20H21N3O7/c1-13(21-18(25)14-7-6-8-15(11-14)23(28)29)17(24)22-20(2,19(26)27)12-30-16-9-4-3-5-10-16/h3-11,13H,12H2,1-2H3,(H,21,25)(H,22,24)(H,26,27). The number of benzene rings is 2. The monoisotopic (exact) mass is 415 g/mol. The summed E-state index contributed by atoms with van der Waals surface area (Å²) >= 11 is 0. The molecular formula is C20H21N3O7. The second-order valence-corrected chi connectivity index (χ2v) is 6.73. The quantitative estimate of drug-likeness (QED) is 0.417. The predicted octanol–water partition coefficient (Wildman–Crippen LogP) is 1.75. The van der Waals surface area contributed by atoms with Crippen LogP contribution in [0, 0.1) is 10.1 Å². The van der Waals surface area contributed by atoms with E-state index in [0.717, 1.165) is 6.07 Å². The number of carboxylic acid groups (broad SMARTS) is 1. The van der Waals surface area contributed by atoms with Gasteiger partial charge in [0.2, 0.25) is 5.91 Å². The molecule has 158 valence electrons. The Kier molecular flexibility index (Phi) is 7.08. The van der Waals surface area contributed by atoms with Gasteiger partial charge in [0.25, 0.3) is 11.6 Å². The highest BCUT2D eigenvalue weighted by Crippen LogP contribution is 2.14. The summed E-state index contributed by atoms with van der Waals surface area (Å²) in [6.45, 7) is 2.31. The third kappa shape index (κ3) is 5.77. The SMILES string of the molecule is CC(NC(=O)c1cccc([N+](=O)[O-])c1)C(=O)NC(C)(COc1ccccc1)C(=O)O. The number of nitro benzene ring substituents is 1. The van der Waals surface area contributed by atoms with Crippen LogP contribution in [0.2, 0.25) is 0 Å². The number of amides is 2. The molecule has 10 heteroatoms. The summed E-state index contributed by atoms with van der Waals surface area (Å²) in [5.74, 6) is -2.34. The molecule has 2 rings (SSSR count). The zero-order valence-electron chi connectivity index (χ0n) is 16.3. The molecule has 0 heterocycles. The fraction of sp³-hybridized carbons (Fsp3) is 0.250. The Labute approximate surface area is 172 Å². The Balaban J connectivity index is 2.02. The molecular weight excluding hydrogens is 394 g/mol. The van der Waals surface area contributed by atoms with Gasteiger partial charge in [-0.15, -0.1) is 0 Å². The number of para-hydroxylation sites is 1. The summed E-state index contributed by atoms with van der Waals surface area (Å²) in [4.78, 5) is 46.6. The van der Waals surface area contributed by atoms with Crippen LogP contribution in [0.1, 0.15) is 24.2 Å². The van der Waals surface area contributed by atoms with Crippen LogP contribution in [0.5, 0.6) is 5.75 Å². The van der Waals surface area contributed by atoms with Gasteiger partial charge in [0.1, 0.15) is 18.4 Å². The van der Waals surface area contributed by atoms with Crippen LogP contribution >= 0.6 is 0 Å². The first-order valence-corrected chi connectivity index (χ1v) is 8.91. The molecule has 0 saturated carbocycles. The number of non-ortho nitro benzene ring substituents is 1. The smallest absolute Gasteiger partial charge is 0.332 e. The lowest BCUT2D eigenvalue weighted by Gasteiger charge is -2.28. The molecule has 0 aliphatic rings. The zero-order valence-corrected chi connectivity index (χ0v) is 16.3. The largest absolute Gasteiger partial charge is 0.491 e. The molecule has 0 aromatic heterocycles. The lowest BCUT2D eigenvalue weighted by molar-refractivity contribution is -0.384. The van der Waals surface area contributed by atoms with Gasteiger partial charge in [-0.3, -0.25) is 19.7 Å². The molecule has 0 aliphatic heterocycles. The number of carbonyl (C=O) groups excluding carboxylic acids is 2. The van der Waals surface area contributed by atoms with Crippen molar-refractivity contribution in [3.63, 3.8) is 0 Å². The van der Waals surface area contributed by atoms with E-state index in [1.807, 2.05) is 0 Å². The fourth-order valence-electron chi connectivity index (χ4n) is 2.38. The van der Waals surface area contributed by atoms with Crippen molar-refractivity contribution in [2.75, 3.05) is 6.61 Å². The molecule has 0 spiro atoms. The molecule has 30 heavy (non-hydrogen) atoms. The lowest BCUT2D eigenvalue weighted by Crippen LogP contribution is -2.60. The van der Waals surface area contributed by atoms with Gasteiger partial charge in [-0.25, -0.2) is 4.79 Å². The van der Waals surface area contributed by atoms with Gasteiger partial charge in [-0.05, 0) is 32.0 Å². The molecule has 0 bridgehead atoms. The first kappa shape index (κ1) is 22.3. The number of nitro groups is 1. The number of nitrogens with one attached hydrogen (secondary N) is 2. The minimum absolute atomic E-state index is 0.00254. The van der Waals surface area contributed by atoms with Crippen LogP contribution in [0.25, 0.3) is 0 Å². The number of aliphatic carboxylic acids is 1. The van der Waals surface area contributed by atoms with Crippen molar-refractivity contribution in [1.82, 2.24) is 10.6 Å². The Bertz CT molecular complexity index is 948. The van der Waals surface area contributed by atoms with Crippen molar-refractivity contribution in [3.05, 3.63) is 70.3 Å². The maximum absolute atomic E-state index is 12.5. The van der Waals surface area contributed by atoms with Crippen molar-refractivity contribution in [3.8, 4) is 5.75 Å². The van der Waals surface area contributed by atoms with E-state index in [-0.39, 0.29) is 17.9 Å². The average molecular weight is 415 g/mol. The van der Waals surface area contributed by atoms with Crippen molar-refractivity contribution < 1.29 is 29.2 Å². The van der Waals surface area contributed by atoms with Gasteiger partial charge < -0.3 is 20.5 Å². The highest BCUT2D eigenvalue weighted by molar-refractivity contribution is 5.98. The van der Waals surface area contributed by atoms with E-state index in [0.29, 0.717) is 5.75 Å². The van der Waals surface area contributed by atoms with Gasteiger partial charge in [-0.1, -0.05) is 24.3 Å². The Hall–Kier alpha value is -3.95. The summed E-state index contributed by atoms with van der Waals surface area (Å²) in [7, 11) is 0. The Morgan fingerprint density at radius 1 is 1.17 bits per heavy atom. The third-order valence-electron chi connectivity index (χ3n) is 4.20. The summed E-state index contributed by atoms with van der Waals surface area (Å²) < 4.78 is 5.45. The minimum Gasteiger partial charge on any atom is -0.491 e. The van der Waals surface area contributed by atoms with E-state index in [1.165, 1.54) is 32.0 Å². The molecule has 10 nitrogen and oxygen atoms in total. The number of carbonyl (C=O) groups is 3. The molecule has 2 atom stereocenters. The van der Waals surface area contributed by atoms with Crippen molar-refractivity contribution >= 4 is 23.5 Å². The number of hydrogen-bond acceptors (Lipinski definition) is 6. The topological polar surface area (TPSA) is 148 Å². The fourth-order valence-corrected chi connectivity index (χ4v) is 2.38. The van der Waals surface area contributed by atoms with Gasteiger partial charge in [0, 0.05) is 17.7 Å². The van der Waals surface area contributed by atoms with Crippen LogP contribution in [0.4, 0.5) is 5.69 Å². The van der Waals surface area contributed by atoms with Crippen molar-refractivity contribution in [1.29, 1.82) is 0 Å². The highest BCUT2D eigenvalue weighted by atomic mass is 16.6. The second kappa shape index (κ2) is 9.50. The molecule has 0 aliphatic carbocycles. The molecule has 0 radical (unpaired) electrons. The lowest BCUT2D eigenvalue weighted by atomic mass is 10.0. The first-order valence-electron chi connectivity index (χ1n) is 8.91. The number of ether oxygens (including phenoxy) is 1. The van der Waals surface area contributed by atoms with Crippen LogP contribution < -0.4 is 15.4 Å². The van der Waals surface area contributed by atoms with Gasteiger partial charge in [0.05, 0.1) is 4.92 Å². The number of carboxylic acids is 1. The summed E-state index contributed by atoms with van der Waals surface area (Å²) in [5, 5.41) is 25.1. The van der Waals surface area contributed by atoms with E-state index < -0.39 is 34.3 Å². The van der Waals surface area contributed by atoms with E-state index in [1.54, 1.807) is 30.3 Å². The second-order valence-electron chi connectivity index (χ2n) is 6.73. The van der Waals surface area contributed by atoms with E-state index >= 15 is 0 Å². The Morgan fingerprint density at radius 2 is 1.83 bits per heavy atom. The molecule has 3 N–H and O–H groups in total. The number of hydrogen-bond donors (Lipinski definition) is 3. The summed E-state index contributed by atoms with van der Waals surface area (Å²) in [6.07, 6.45) is 0. The predicted molar refractivity (Wildman–Crippen MR) is 106 cm³/mol. The average Bonchev–Trinajstić information content (AvgIpc) is 2.72. The van der Waals surface area contributed by atoms with Crippen LogP contribution in [0.15, 0.2) is 54.6 Å². The minimum atomic E-state index is -1.75. The van der Waals surface area contributed by atoms with Gasteiger partial charge in [0.15, 0.2) is 5.54 Å². The van der Waals surface area contributed by atoms with E-state index in [2.05, 4.69) is 10.6 Å². The van der Waals surface area contributed by atoms with Crippen LogP contribution in [-0.4, -0.2) is 46.0 Å². The van der Waals surface area contributed by atoms with E-state index in [9.17, 15) is 29.6 Å². The first-order chi connectivity index (χ1) is 14.1. The van der Waals surface area contributed by atoms with Crippen molar-refractivity contribution in [2.24, 2.45) is 0 Å². The zero-order chi connectivity index (χ0) is 22.3. The van der Waals surface area contributed by atoms with Crippen LogP contribution in [0.3, 0.4) is 0 Å². The Morgan fingerprint density at radius 3 is 2.43 bits per heavy atom. The molecule has 0 fully saturated rings. The van der Waals surface area contributed by atoms with Crippen LogP contribution in [-0.2, 0) is 9.59 Å². The molecule has 2 aromatic rings. The highest BCUT2D eigenvalue weighted by Gasteiger charge is 2.37. The van der Waals surface area contributed by atoms with Gasteiger partial charge in [-0.2, -0.15) is 0 Å². The molecule has 0 saturated heterocycles. The van der Waals surface area contributed by atoms with Crippen molar-refractivity contribution in [2.45, 2.75) is 25.4 Å². The van der Waals surface area contributed by atoms with Gasteiger partial charge >= 0.3 is 5.97 Å². The maximum atomic E-state index is 12.5. The summed E-state index contributed by atoms with van der Waals surface area (Å²) in [6, 6.07) is 12.4. The maximum Gasteiger partial charge on any atom is 0.332 e. The normalized spacial score (nSPS) is 13.4. The van der Waals surface area contributed by atoms with E-state index in [4.69, 9.17) is 4.74 Å².